The lowest BCUT2D eigenvalue weighted by Gasteiger charge is -2.42. The minimum Gasteiger partial charge on any atom is -0.355 e. The van der Waals surface area contributed by atoms with Crippen molar-refractivity contribution in [2.45, 2.75) is 53.5 Å². The van der Waals surface area contributed by atoms with Gasteiger partial charge in [0, 0.05) is 25.7 Å². The highest BCUT2D eigenvalue weighted by Gasteiger charge is 2.33. The van der Waals surface area contributed by atoms with Crippen LogP contribution in [0.3, 0.4) is 0 Å². The zero-order valence-electron chi connectivity index (χ0n) is 13.7. The summed E-state index contributed by atoms with van der Waals surface area (Å²) in [5.41, 5.74) is 6.48. The first-order valence-electron chi connectivity index (χ1n) is 7.35. The van der Waals surface area contributed by atoms with Crippen molar-refractivity contribution in [1.82, 2.24) is 10.2 Å². The van der Waals surface area contributed by atoms with Gasteiger partial charge in [-0.2, -0.15) is 0 Å². The molecule has 0 aromatic carbocycles. The van der Waals surface area contributed by atoms with E-state index in [4.69, 9.17) is 5.73 Å². The summed E-state index contributed by atoms with van der Waals surface area (Å²) in [6.07, 6.45) is 1.98. The molecule has 0 radical (unpaired) electrons. The number of piperidine rings is 1. The molecule has 0 aliphatic carbocycles. The van der Waals surface area contributed by atoms with Gasteiger partial charge < -0.3 is 11.1 Å². The van der Waals surface area contributed by atoms with Crippen LogP contribution in [0, 0.1) is 10.8 Å². The second-order valence-corrected chi connectivity index (χ2v) is 7.76. The molecule has 1 saturated heterocycles. The first-order chi connectivity index (χ1) is 8.60. The lowest BCUT2D eigenvalue weighted by molar-refractivity contribution is -0.123. The Labute approximate surface area is 130 Å². The molecule has 0 spiro atoms. The van der Waals surface area contributed by atoms with Gasteiger partial charge in [-0.25, -0.2) is 0 Å². The molecule has 1 atom stereocenters. The Balaban J connectivity index is 0.00000361. The fraction of sp³-hybridized carbons (Fsp3) is 0.933. The van der Waals surface area contributed by atoms with E-state index >= 15 is 0 Å². The summed E-state index contributed by atoms with van der Waals surface area (Å²) in [7, 11) is 0. The van der Waals surface area contributed by atoms with E-state index in [0.717, 1.165) is 32.5 Å². The van der Waals surface area contributed by atoms with Gasteiger partial charge in [-0.05, 0) is 23.7 Å². The quantitative estimate of drug-likeness (QED) is 0.835. The number of nitrogens with one attached hydrogen (secondary N) is 1. The molecule has 0 saturated carbocycles. The highest BCUT2D eigenvalue weighted by atomic mass is 35.5. The summed E-state index contributed by atoms with van der Waals surface area (Å²) in [6, 6.07) is 0.243. The SMILES string of the molecule is CC(C)(C)CCNC(=O)CN1CCC(N)C(C)(C)C1.Cl. The average molecular weight is 306 g/mol. The van der Waals surface area contributed by atoms with Crippen LogP contribution in [0.5, 0.6) is 0 Å². The maximum Gasteiger partial charge on any atom is 0.234 e. The summed E-state index contributed by atoms with van der Waals surface area (Å²) >= 11 is 0. The van der Waals surface area contributed by atoms with Crippen molar-refractivity contribution < 1.29 is 4.79 Å². The first-order valence-corrected chi connectivity index (χ1v) is 7.35. The number of hydrogen-bond donors (Lipinski definition) is 2. The van der Waals surface area contributed by atoms with Gasteiger partial charge in [0.05, 0.1) is 6.54 Å². The van der Waals surface area contributed by atoms with Crippen molar-refractivity contribution >= 4 is 18.3 Å². The van der Waals surface area contributed by atoms with Gasteiger partial charge in [0.1, 0.15) is 0 Å². The van der Waals surface area contributed by atoms with Crippen molar-refractivity contribution in [1.29, 1.82) is 0 Å². The Morgan fingerprint density at radius 3 is 2.50 bits per heavy atom. The molecule has 1 rings (SSSR count). The topological polar surface area (TPSA) is 58.4 Å². The number of nitrogens with two attached hydrogens (primary N) is 1. The molecule has 120 valence electrons. The van der Waals surface area contributed by atoms with Crippen LogP contribution >= 0.6 is 12.4 Å². The number of carbonyl (C=O) groups is 1. The Hall–Kier alpha value is -0.320. The normalized spacial score (nSPS) is 23.0. The van der Waals surface area contributed by atoms with Gasteiger partial charge in [0.25, 0.3) is 0 Å². The smallest absolute Gasteiger partial charge is 0.234 e. The van der Waals surface area contributed by atoms with E-state index in [2.05, 4.69) is 44.8 Å². The Morgan fingerprint density at radius 2 is 2.00 bits per heavy atom. The summed E-state index contributed by atoms with van der Waals surface area (Å²) in [5, 5.41) is 3.01. The molecule has 20 heavy (non-hydrogen) atoms. The van der Waals surface area contributed by atoms with Crippen molar-refractivity contribution in [3.8, 4) is 0 Å². The van der Waals surface area contributed by atoms with E-state index in [0.29, 0.717) is 6.54 Å². The van der Waals surface area contributed by atoms with Gasteiger partial charge in [-0.1, -0.05) is 34.6 Å². The second kappa shape index (κ2) is 7.62. The van der Waals surface area contributed by atoms with Crippen molar-refractivity contribution in [3.63, 3.8) is 0 Å². The van der Waals surface area contributed by atoms with Gasteiger partial charge in [-0.3, -0.25) is 9.69 Å². The summed E-state index contributed by atoms with van der Waals surface area (Å²) in [4.78, 5) is 14.1. The van der Waals surface area contributed by atoms with Crippen LogP contribution in [0.2, 0.25) is 0 Å². The number of halogens is 1. The highest BCUT2D eigenvalue weighted by molar-refractivity contribution is 5.85. The predicted molar refractivity (Wildman–Crippen MR) is 87.1 cm³/mol. The largest absolute Gasteiger partial charge is 0.355 e. The van der Waals surface area contributed by atoms with Crippen LogP contribution in [0.25, 0.3) is 0 Å². The molecule has 0 aromatic heterocycles. The van der Waals surface area contributed by atoms with Gasteiger partial charge in [0.15, 0.2) is 0 Å². The third kappa shape index (κ3) is 6.91. The maximum atomic E-state index is 11.9. The first kappa shape index (κ1) is 19.7. The van der Waals surface area contributed by atoms with Crippen molar-refractivity contribution in [2.24, 2.45) is 16.6 Å². The van der Waals surface area contributed by atoms with E-state index < -0.39 is 0 Å². The highest BCUT2D eigenvalue weighted by Crippen LogP contribution is 2.27. The van der Waals surface area contributed by atoms with Crippen LogP contribution in [-0.4, -0.2) is 43.0 Å². The lowest BCUT2D eigenvalue weighted by Crippen LogP contribution is -2.54. The molecular weight excluding hydrogens is 274 g/mol. The molecular formula is C15H32ClN3O. The molecule has 0 aromatic rings. The van der Waals surface area contributed by atoms with Crippen LogP contribution in [0.4, 0.5) is 0 Å². The maximum absolute atomic E-state index is 11.9. The number of carbonyl (C=O) groups excluding carboxylic acids is 1. The number of likely N-dealkylation sites (tertiary alicyclic amines) is 1. The third-order valence-corrected chi connectivity index (χ3v) is 3.96. The van der Waals surface area contributed by atoms with E-state index in [1.54, 1.807) is 0 Å². The van der Waals surface area contributed by atoms with E-state index in [9.17, 15) is 4.79 Å². The third-order valence-electron chi connectivity index (χ3n) is 3.96. The molecule has 1 unspecified atom stereocenters. The van der Waals surface area contributed by atoms with Gasteiger partial charge in [-0.15, -0.1) is 12.4 Å². The minimum atomic E-state index is 0. The standard InChI is InChI=1S/C15H31N3O.ClH/c1-14(2,3)7-8-17-13(19)10-18-9-6-12(16)15(4,5)11-18;/h12H,6-11,16H2,1-5H3,(H,17,19);1H. The molecule has 5 heteroatoms. The summed E-state index contributed by atoms with van der Waals surface area (Å²) in [5.74, 6) is 0.135. The monoisotopic (exact) mass is 305 g/mol. The number of rotatable bonds is 4. The van der Waals surface area contributed by atoms with Crippen molar-refractivity contribution in [3.05, 3.63) is 0 Å². The Morgan fingerprint density at radius 1 is 1.40 bits per heavy atom. The van der Waals surface area contributed by atoms with E-state index in [1.807, 2.05) is 0 Å². The molecule has 3 N–H and O–H groups in total. The summed E-state index contributed by atoms with van der Waals surface area (Å²) in [6.45, 7) is 14.0. The predicted octanol–water partition coefficient (Wildman–Crippen LogP) is 2.02. The molecule has 1 aliphatic rings. The zero-order valence-corrected chi connectivity index (χ0v) is 14.5. The Kier molecular flexibility index (Phi) is 7.50. The molecule has 1 amide bonds. The van der Waals surface area contributed by atoms with Gasteiger partial charge in [0.2, 0.25) is 5.91 Å². The fourth-order valence-electron chi connectivity index (χ4n) is 2.46. The lowest BCUT2D eigenvalue weighted by atomic mass is 9.80. The van der Waals surface area contributed by atoms with Gasteiger partial charge >= 0.3 is 0 Å². The van der Waals surface area contributed by atoms with E-state index in [-0.39, 0.29) is 35.2 Å². The summed E-state index contributed by atoms with van der Waals surface area (Å²) < 4.78 is 0. The number of hydrogen-bond acceptors (Lipinski definition) is 3. The zero-order chi connectivity index (χ0) is 14.7. The molecule has 1 heterocycles. The molecule has 0 bridgehead atoms. The Bertz CT molecular complexity index is 313. The molecule has 1 fully saturated rings. The van der Waals surface area contributed by atoms with Crippen LogP contribution < -0.4 is 11.1 Å². The second-order valence-electron chi connectivity index (χ2n) is 7.76. The minimum absolute atomic E-state index is 0. The van der Waals surface area contributed by atoms with E-state index in [1.165, 1.54) is 0 Å². The van der Waals surface area contributed by atoms with Crippen molar-refractivity contribution in [2.75, 3.05) is 26.2 Å². The average Bonchev–Trinajstić information content (AvgIpc) is 2.21. The number of nitrogens with zero attached hydrogens (tertiary/aromatic N) is 1. The number of amides is 1. The van der Waals surface area contributed by atoms with Crippen LogP contribution in [0.1, 0.15) is 47.5 Å². The fourth-order valence-corrected chi connectivity index (χ4v) is 2.46. The molecule has 4 nitrogen and oxygen atoms in total. The molecule has 1 aliphatic heterocycles. The van der Waals surface area contributed by atoms with Crippen LogP contribution in [0.15, 0.2) is 0 Å². The van der Waals surface area contributed by atoms with Crippen LogP contribution in [-0.2, 0) is 4.79 Å².